The summed E-state index contributed by atoms with van der Waals surface area (Å²) in [7, 11) is 0. The smallest absolute Gasteiger partial charge is 0.0727 e. The summed E-state index contributed by atoms with van der Waals surface area (Å²) in [5, 5.41) is 0. The molecular weight excluding hydrogens is 256 g/mol. The van der Waals surface area contributed by atoms with E-state index in [1.807, 2.05) is 51.3 Å². The molecule has 0 aliphatic rings. The third-order valence-corrected chi connectivity index (χ3v) is 2.79. The van der Waals surface area contributed by atoms with E-state index in [9.17, 15) is 0 Å². The number of aromatic nitrogens is 2. The van der Waals surface area contributed by atoms with E-state index >= 15 is 0 Å². The SMILES string of the molecule is C=CC.C=Cc1c(/C=C\C)cc(-c2cccnc2)nc1C. The van der Waals surface area contributed by atoms with Crippen LogP contribution < -0.4 is 0 Å². The number of allylic oxidation sites excluding steroid dienone is 2. The topological polar surface area (TPSA) is 25.8 Å². The third kappa shape index (κ3) is 4.53. The summed E-state index contributed by atoms with van der Waals surface area (Å²) >= 11 is 0. The van der Waals surface area contributed by atoms with Gasteiger partial charge in [0.15, 0.2) is 0 Å². The molecule has 0 aliphatic carbocycles. The van der Waals surface area contributed by atoms with Gasteiger partial charge in [-0.1, -0.05) is 30.9 Å². The van der Waals surface area contributed by atoms with E-state index in [-0.39, 0.29) is 0 Å². The molecule has 0 aromatic carbocycles. The molecule has 2 heteroatoms. The average molecular weight is 278 g/mol. The highest BCUT2D eigenvalue weighted by Crippen LogP contribution is 2.23. The average Bonchev–Trinajstić information content (AvgIpc) is 2.49. The summed E-state index contributed by atoms with van der Waals surface area (Å²) in [6.45, 7) is 13.1. The summed E-state index contributed by atoms with van der Waals surface area (Å²) in [4.78, 5) is 8.74. The maximum atomic E-state index is 4.61. The molecule has 21 heavy (non-hydrogen) atoms. The van der Waals surface area contributed by atoms with E-state index < -0.39 is 0 Å². The van der Waals surface area contributed by atoms with Crippen molar-refractivity contribution in [2.75, 3.05) is 0 Å². The molecule has 0 spiro atoms. The first-order valence-corrected chi connectivity index (χ1v) is 6.92. The van der Waals surface area contributed by atoms with Crippen molar-refractivity contribution in [2.24, 2.45) is 0 Å². The Morgan fingerprint density at radius 1 is 1.19 bits per heavy atom. The zero-order valence-electron chi connectivity index (χ0n) is 13.0. The minimum Gasteiger partial charge on any atom is -0.264 e. The lowest BCUT2D eigenvalue weighted by molar-refractivity contribution is 1.18. The van der Waals surface area contributed by atoms with E-state index in [0.717, 1.165) is 28.1 Å². The highest BCUT2D eigenvalue weighted by molar-refractivity contribution is 5.71. The Balaban J connectivity index is 0.000000677. The Labute approximate surface area is 127 Å². The minimum atomic E-state index is 0.944. The molecule has 2 rings (SSSR count). The Morgan fingerprint density at radius 2 is 1.90 bits per heavy atom. The molecule has 0 radical (unpaired) electrons. The Kier molecular flexibility index (Phi) is 6.82. The number of hydrogen-bond donors (Lipinski definition) is 0. The van der Waals surface area contributed by atoms with Crippen molar-refractivity contribution in [3.8, 4) is 11.3 Å². The van der Waals surface area contributed by atoms with Crippen LogP contribution in [0, 0.1) is 6.92 Å². The van der Waals surface area contributed by atoms with Crippen LogP contribution in [0.15, 0.2) is 55.9 Å². The van der Waals surface area contributed by atoms with Crippen LogP contribution in [-0.2, 0) is 0 Å². The lowest BCUT2D eigenvalue weighted by Gasteiger charge is -2.09. The monoisotopic (exact) mass is 278 g/mol. The van der Waals surface area contributed by atoms with Crippen molar-refractivity contribution in [1.29, 1.82) is 0 Å². The van der Waals surface area contributed by atoms with Crippen LogP contribution in [0.1, 0.15) is 30.7 Å². The number of nitrogens with zero attached hydrogens (tertiary/aromatic N) is 2. The molecule has 0 aliphatic heterocycles. The predicted molar refractivity (Wildman–Crippen MR) is 92.9 cm³/mol. The number of hydrogen-bond acceptors (Lipinski definition) is 2. The summed E-state index contributed by atoms with van der Waals surface area (Å²) in [5.41, 5.74) is 5.18. The van der Waals surface area contributed by atoms with Gasteiger partial charge >= 0.3 is 0 Å². The minimum absolute atomic E-state index is 0.944. The second-order valence-corrected chi connectivity index (χ2v) is 4.45. The maximum absolute atomic E-state index is 4.61. The summed E-state index contributed by atoms with van der Waals surface area (Å²) in [6, 6.07) is 6.01. The van der Waals surface area contributed by atoms with Crippen LogP contribution in [0.4, 0.5) is 0 Å². The van der Waals surface area contributed by atoms with Gasteiger partial charge in [0.05, 0.1) is 5.69 Å². The van der Waals surface area contributed by atoms with E-state index in [1.54, 1.807) is 12.3 Å². The maximum Gasteiger partial charge on any atom is 0.0727 e. The molecule has 0 bridgehead atoms. The van der Waals surface area contributed by atoms with Gasteiger partial charge in [-0.25, -0.2) is 0 Å². The standard InChI is InChI=1S/C16H16N2.C3H6/c1-4-7-13-10-16(14-8-6-9-17-11-14)18-12(3)15(13)5-2;1-3-2/h4-11H,2H2,1,3H3;3H,1H2,2H3/b7-4-;. The zero-order valence-corrected chi connectivity index (χ0v) is 13.0. The van der Waals surface area contributed by atoms with Crippen molar-refractivity contribution in [3.05, 3.63) is 72.7 Å². The molecule has 0 saturated carbocycles. The van der Waals surface area contributed by atoms with Gasteiger partial charge in [-0.3, -0.25) is 9.97 Å². The Bertz CT molecular complexity index is 626. The van der Waals surface area contributed by atoms with Crippen molar-refractivity contribution in [3.63, 3.8) is 0 Å². The number of rotatable bonds is 3. The fraction of sp³-hybridized carbons (Fsp3) is 0.158. The van der Waals surface area contributed by atoms with Crippen molar-refractivity contribution < 1.29 is 0 Å². The fourth-order valence-corrected chi connectivity index (χ4v) is 1.95. The Morgan fingerprint density at radius 3 is 2.43 bits per heavy atom. The van der Waals surface area contributed by atoms with E-state index in [0.29, 0.717) is 0 Å². The highest BCUT2D eigenvalue weighted by Gasteiger charge is 2.06. The van der Waals surface area contributed by atoms with Crippen LogP contribution in [0.3, 0.4) is 0 Å². The highest BCUT2D eigenvalue weighted by atomic mass is 14.7. The first-order chi connectivity index (χ1) is 10.2. The molecule has 0 fully saturated rings. The first kappa shape index (κ1) is 16.6. The van der Waals surface area contributed by atoms with Crippen LogP contribution in [0.2, 0.25) is 0 Å². The third-order valence-electron chi connectivity index (χ3n) is 2.79. The molecule has 0 amide bonds. The van der Waals surface area contributed by atoms with Gasteiger partial charge in [0.1, 0.15) is 0 Å². The van der Waals surface area contributed by atoms with Crippen molar-refractivity contribution in [2.45, 2.75) is 20.8 Å². The van der Waals surface area contributed by atoms with Gasteiger partial charge in [0.25, 0.3) is 0 Å². The van der Waals surface area contributed by atoms with Crippen LogP contribution in [-0.4, -0.2) is 9.97 Å². The zero-order chi connectivity index (χ0) is 15.7. The molecule has 2 aromatic heterocycles. The van der Waals surface area contributed by atoms with Gasteiger partial charge in [-0.15, -0.1) is 6.58 Å². The molecule has 0 saturated heterocycles. The predicted octanol–water partition coefficient (Wildman–Crippen LogP) is 5.32. The van der Waals surface area contributed by atoms with E-state index in [1.165, 1.54) is 0 Å². The Hall–Kier alpha value is -2.48. The van der Waals surface area contributed by atoms with Gasteiger partial charge in [-0.05, 0) is 44.5 Å². The molecular formula is C19H22N2. The second kappa shape index (κ2) is 8.64. The molecule has 0 atom stereocenters. The quantitative estimate of drug-likeness (QED) is 0.710. The fourth-order valence-electron chi connectivity index (χ4n) is 1.95. The number of pyridine rings is 2. The number of aryl methyl sites for hydroxylation is 1. The molecule has 2 heterocycles. The van der Waals surface area contributed by atoms with Gasteiger partial charge in [0, 0.05) is 29.2 Å². The summed E-state index contributed by atoms with van der Waals surface area (Å²) in [6.07, 6.45) is 11.3. The molecule has 2 nitrogen and oxygen atoms in total. The molecule has 0 unspecified atom stereocenters. The van der Waals surface area contributed by atoms with Crippen molar-refractivity contribution >= 4 is 12.2 Å². The van der Waals surface area contributed by atoms with Crippen LogP contribution >= 0.6 is 0 Å². The second-order valence-electron chi connectivity index (χ2n) is 4.45. The summed E-state index contributed by atoms with van der Waals surface area (Å²) < 4.78 is 0. The van der Waals surface area contributed by atoms with Gasteiger partial charge in [-0.2, -0.15) is 0 Å². The van der Waals surface area contributed by atoms with E-state index in [2.05, 4.69) is 35.3 Å². The first-order valence-electron chi connectivity index (χ1n) is 6.92. The van der Waals surface area contributed by atoms with Gasteiger partial charge in [0.2, 0.25) is 0 Å². The largest absolute Gasteiger partial charge is 0.264 e. The normalized spacial score (nSPS) is 9.86. The molecule has 2 aromatic rings. The molecule has 0 N–H and O–H groups in total. The van der Waals surface area contributed by atoms with Crippen LogP contribution in [0.25, 0.3) is 23.4 Å². The van der Waals surface area contributed by atoms with Crippen molar-refractivity contribution in [1.82, 2.24) is 9.97 Å². The molecule has 108 valence electrons. The van der Waals surface area contributed by atoms with E-state index in [4.69, 9.17) is 0 Å². The van der Waals surface area contributed by atoms with Gasteiger partial charge < -0.3 is 0 Å². The summed E-state index contributed by atoms with van der Waals surface area (Å²) in [5.74, 6) is 0. The van der Waals surface area contributed by atoms with Crippen LogP contribution in [0.5, 0.6) is 0 Å². The lowest BCUT2D eigenvalue weighted by Crippen LogP contribution is -1.94. The lowest BCUT2D eigenvalue weighted by atomic mass is 10.0.